The van der Waals surface area contributed by atoms with Crippen LogP contribution in [0.1, 0.15) is 11.5 Å². The minimum atomic E-state index is -0.165. The van der Waals surface area contributed by atoms with Gasteiger partial charge in [0, 0.05) is 32.0 Å². The summed E-state index contributed by atoms with van der Waals surface area (Å²) in [6.45, 7) is 2.36. The van der Waals surface area contributed by atoms with Gasteiger partial charge in [0.05, 0.1) is 6.61 Å². The van der Waals surface area contributed by atoms with Crippen LogP contribution >= 0.6 is 0 Å². The van der Waals surface area contributed by atoms with E-state index in [1.807, 2.05) is 6.92 Å². The van der Waals surface area contributed by atoms with Crippen LogP contribution in [0.5, 0.6) is 0 Å². The van der Waals surface area contributed by atoms with Crippen LogP contribution in [0.15, 0.2) is 16.9 Å². The summed E-state index contributed by atoms with van der Waals surface area (Å²) in [6.07, 6.45) is 3.87. The maximum atomic E-state index is 5.80. The molecule has 1 unspecified atom stereocenters. The number of nitrogens with zero attached hydrogens (tertiary/aromatic N) is 4. The van der Waals surface area contributed by atoms with Crippen molar-refractivity contribution in [2.45, 2.75) is 19.4 Å². The summed E-state index contributed by atoms with van der Waals surface area (Å²) in [5, 5.41) is 3.82. The van der Waals surface area contributed by atoms with Crippen LogP contribution < -0.4 is 5.73 Å². The Morgan fingerprint density at radius 1 is 1.33 bits per heavy atom. The number of methoxy groups -OCH3 is 1. The van der Waals surface area contributed by atoms with Gasteiger partial charge in [-0.25, -0.2) is 9.97 Å². The first kappa shape index (κ1) is 12.6. The zero-order valence-corrected chi connectivity index (χ0v) is 10.3. The van der Waals surface area contributed by atoms with E-state index in [4.69, 9.17) is 15.0 Å². The standard InChI is InChI=1S/C11H15N5O2/c1-7-4-13-10(14-5-7)11-15-9(18-16-11)3-8(12)6-17-2/h4-5,8H,3,6,12H2,1-2H3. The molecule has 1 atom stereocenters. The van der Waals surface area contributed by atoms with E-state index in [0.29, 0.717) is 30.6 Å². The monoisotopic (exact) mass is 249 g/mol. The van der Waals surface area contributed by atoms with Gasteiger partial charge in [-0.15, -0.1) is 0 Å². The highest BCUT2D eigenvalue weighted by atomic mass is 16.5. The van der Waals surface area contributed by atoms with Crippen LogP contribution in [0.4, 0.5) is 0 Å². The molecule has 0 aliphatic heterocycles. The van der Waals surface area contributed by atoms with E-state index < -0.39 is 0 Å². The van der Waals surface area contributed by atoms with Gasteiger partial charge in [-0.05, 0) is 12.5 Å². The summed E-state index contributed by atoms with van der Waals surface area (Å²) in [7, 11) is 1.60. The fraction of sp³-hybridized carbons (Fsp3) is 0.455. The van der Waals surface area contributed by atoms with Crippen molar-refractivity contribution in [3.8, 4) is 11.6 Å². The Balaban J connectivity index is 2.08. The Morgan fingerprint density at radius 2 is 2.06 bits per heavy atom. The lowest BCUT2D eigenvalue weighted by Crippen LogP contribution is -2.28. The lowest BCUT2D eigenvalue weighted by molar-refractivity contribution is 0.176. The summed E-state index contributed by atoms with van der Waals surface area (Å²) in [4.78, 5) is 12.4. The Morgan fingerprint density at radius 3 is 2.72 bits per heavy atom. The van der Waals surface area contributed by atoms with Crippen molar-refractivity contribution in [3.05, 3.63) is 23.8 Å². The van der Waals surface area contributed by atoms with Crippen LogP contribution in [-0.2, 0) is 11.2 Å². The first-order valence-corrected chi connectivity index (χ1v) is 5.55. The predicted octanol–water partition coefficient (Wildman–Crippen LogP) is 0.351. The third kappa shape index (κ3) is 3.08. The topological polar surface area (TPSA) is 100.0 Å². The van der Waals surface area contributed by atoms with E-state index in [0.717, 1.165) is 5.56 Å². The normalized spacial score (nSPS) is 12.6. The Hall–Kier alpha value is -1.86. The Bertz CT molecular complexity index is 496. The summed E-state index contributed by atoms with van der Waals surface area (Å²) in [5.74, 6) is 1.27. The number of hydrogen-bond donors (Lipinski definition) is 1. The summed E-state index contributed by atoms with van der Waals surface area (Å²) in [6, 6.07) is -0.165. The van der Waals surface area contributed by atoms with Crippen molar-refractivity contribution in [1.82, 2.24) is 20.1 Å². The smallest absolute Gasteiger partial charge is 0.240 e. The summed E-state index contributed by atoms with van der Waals surface area (Å²) < 4.78 is 10.0. The quantitative estimate of drug-likeness (QED) is 0.816. The fourth-order valence-corrected chi connectivity index (χ4v) is 1.43. The Labute approximate surface area is 104 Å². The highest BCUT2D eigenvalue weighted by molar-refractivity contribution is 5.40. The first-order valence-electron chi connectivity index (χ1n) is 5.55. The molecule has 2 aromatic heterocycles. The second kappa shape index (κ2) is 5.65. The van der Waals surface area contributed by atoms with Gasteiger partial charge < -0.3 is 15.0 Å². The van der Waals surface area contributed by atoms with Crippen molar-refractivity contribution >= 4 is 0 Å². The molecule has 7 nitrogen and oxygen atoms in total. The van der Waals surface area contributed by atoms with Crippen LogP contribution in [0.2, 0.25) is 0 Å². The third-order valence-corrected chi connectivity index (χ3v) is 2.27. The van der Waals surface area contributed by atoms with Crippen LogP contribution in [-0.4, -0.2) is 39.9 Å². The van der Waals surface area contributed by atoms with Crippen molar-refractivity contribution in [1.29, 1.82) is 0 Å². The largest absolute Gasteiger partial charge is 0.383 e. The van der Waals surface area contributed by atoms with E-state index in [2.05, 4.69) is 20.1 Å². The van der Waals surface area contributed by atoms with Gasteiger partial charge in [0.25, 0.3) is 0 Å². The molecule has 2 N–H and O–H groups in total. The van der Waals surface area contributed by atoms with Gasteiger partial charge in [-0.2, -0.15) is 4.98 Å². The van der Waals surface area contributed by atoms with E-state index in [-0.39, 0.29) is 6.04 Å². The van der Waals surface area contributed by atoms with E-state index in [1.165, 1.54) is 0 Å². The molecule has 96 valence electrons. The Kier molecular flexibility index (Phi) is 3.96. The molecule has 0 bridgehead atoms. The van der Waals surface area contributed by atoms with Crippen molar-refractivity contribution < 1.29 is 9.26 Å². The zero-order valence-electron chi connectivity index (χ0n) is 10.3. The molecule has 18 heavy (non-hydrogen) atoms. The molecule has 0 aromatic carbocycles. The highest BCUT2D eigenvalue weighted by Gasteiger charge is 2.13. The molecule has 0 radical (unpaired) electrons. The molecule has 7 heteroatoms. The van der Waals surface area contributed by atoms with Crippen LogP contribution in [0, 0.1) is 6.92 Å². The maximum Gasteiger partial charge on any atom is 0.240 e. The molecule has 0 saturated heterocycles. The van der Waals surface area contributed by atoms with E-state index in [1.54, 1.807) is 19.5 Å². The lowest BCUT2D eigenvalue weighted by atomic mass is 10.2. The van der Waals surface area contributed by atoms with E-state index in [9.17, 15) is 0 Å². The molecule has 2 aromatic rings. The molecule has 0 aliphatic carbocycles. The van der Waals surface area contributed by atoms with Crippen LogP contribution in [0.3, 0.4) is 0 Å². The minimum absolute atomic E-state index is 0.165. The molecule has 2 heterocycles. The molecular weight excluding hydrogens is 234 g/mol. The third-order valence-electron chi connectivity index (χ3n) is 2.27. The number of hydrogen-bond acceptors (Lipinski definition) is 7. The number of aryl methyl sites for hydroxylation is 1. The molecule has 0 aliphatic rings. The van der Waals surface area contributed by atoms with Gasteiger partial charge in [-0.1, -0.05) is 5.16 Å². The predicted molar refractivity (Wildman–Crippen MR) is 63.6 cm³/mol. The molecule has 0 amide bonds. The number of aromatic nitrogens is 4. The summed E-state index contributed by atoms with van der Waals surface area (Å²) >= 11 is 0. The fourth-order valence-electron chi connectivity index (χ4n) is 1.43. The molecule has 2 rings (SSSR count). The number of nitrogens with two attached hydrogens (primary N) is 1. The lowest BCUT2D eigenvalue weighted by Gasteiger charge is -2.05. The van der Waals surface area contributed by atoms with Crippen molar-refractivity contribution in [3.63, 3.8) is 0 Å². The number of ether oxygens (including phenoxy) is 1. The first-order chi connectivity index (χ1) is 8.69. The van der Waals surface area contributed by atoms with Gasteiger partial charge in [-0.3, -0.25) is 0 Å². The molecule has 0 saturated carbocycles. The maximum absolute atomic E-state index is 5.80. The van der Waals surface area contributed by atoms with Crippen LogP contribution in [0.25, 0.3) is 11.6 Å². The average Bonchev–Trinajstić information content (AvgIpc) is 2.78. The average molecular weight is 249 g/mol. The summed E-state index contributed by atoms with van der Waals surface area (Å²) in [5.41, 5.74) is 6.78. The molecule has 0 spiro atoms. The van der Waals surface area contributed by atoms with Gasteiger partial charge >= 0.3 is 0 Å². The SMILES string of the molecule is COCC(N)Cc1nc(-c2ncc(C)cn2)no1. The highest BCUT2D eigenvalue weighted by Crippen LogP contribution is 2.10. The molecular formula is C11H15N5O2. The second-order valence-corrected chi connectivity index (χ2v) is 4.02. The van der Waals surface area contributed by atoms with E-state index >= 15 is 0 Å². The minimum Gasteiger partial charge on any atom is -0.383 e. The van der Waals surface area contributed by atoms with Gasteiger partial charge in [0.2, 0.25) is 17.5 Å². The van der Waals surface area contributed by atoms with Crippen molar-refractivity contribution in [2.75, 3.05) is 13.7 Å². The zero-order chi connectivity index (χ0) is 13.0. The van der Waals surface area contributed by atoms with Gasteiger partial charge in [0.1, 0.15) is 0 Å². The molecule has 0 fully saturated rings. The van der Waals surface area contributed by atoms with Gasteiger partial charge in [0.15, 0.2) is 0 Å². The number of rotatable bonds is 5. The van der Waals surface area contributed by atoms with Crippen molar-refractivity contribution in [2.24, 2.45) is 5.73 Å². The second-order valence-electron chi connectivity index (χ2n) is 4.02.